The molecule has 0 spiro atoms. The molecular weight excluding hydrogens is 552 g/mol. The van der Waals surface area contributed by atoms with Gasteiger partial charge in [-0.15, -0.1) is 10.2 Å². The fourth-order valence-electron chi connectivity index (χ4n) is 5.60. The van der Waals surface area contributed by atoms with Crippen molar-refractivity contribution in [2.75, 3.05) is 6.61 Å². The molecule has 220 valence electrons. The zero-order chi connectivity index (χ0) is 31.0. The van der Waals surface area contributed by atoms with Gasteiger partial charge < -0.3 is 4.74 Å². The number of ketones is 1. The molecule has 5 aromatic rings. The molecule has 1 aliphatic rings. The molecule has 0 fully saturated rings. The Hall–Kier alpha value is -5.37. The van der Waals surface area contributed by atoms with Crippen LogP contribution < -0.4 is 4.74 Å². The van der Waals surface area contributed by atoms with Crippen molar-refractivity contribution in [3.63, 3.8) is 0 Å². The van der Waals surface area contributed by atoms with Crippen LogP contribution in [-0.2, 0) is 6.54 Å². The van der Waals surface area contributed by atoms with Crippen LogP contribution in [0.5, 0.6) is 5.75 Å². The summed E-state index contributed by atoms with van der Waals surface area (Å²) in [5.74, 6) is 0.532. The molecule has 1 aliphatic heterocycles. The van der Waals surface area contributed by atoms with Crippen LogP contribution in [0.4, 0.5) is 0 Å². The second-order valence-electron chi connectivity index (χ2n) is 11.1. The highest BCUT2D eigenvalue weighted by Crippen LogP contribution is 2.36. The van der Waals surface area contributed by atoms with E-state index in [1.807, 2.05) is 74.5 Å². The Morgan fingerprint density at radius 3 is 2.16 bits per heavy atom. The number of hydrogen-bond acceptors (Lipinski definition) is 6. The highest BCUT2D eigenvalue weighted by molar-refractivity contribution is 6.21. The van der Waals surface area contributed by atoms with Crippen LogP contribution in [0.15, 0.2) is 91.0 Å². The summed E-state index contributed by atoms with van der Waals surface area (Å²) in [5.41, 5.74) is 4.79. The molecule has 1 aromatic heterocycles. The molecule has 0 atom stereocenters. The highest BCUT2D eigenvalue weighted by Gasteiger charge is 2.37. The number of carbonyl (C=O) groups excluding carboxylic acids is 3. The van der Waals surface area contributed by atoms with Gasteiger partial charge in [-0.2, -0.15) is 0 Å². The van der Waals surface area contributed by atoms with Gasteiger partial charge in [-0.25, -0.2) is 0 Å². The maximum absolute atomic E-state index is 14.3. The standard InChI is InChI=1S/C36H32N4O4/c1-5-44-31-20-30(29(19-28(31)22(2)3)33(41)25-15-11-12-23(4)18-25)40-32(37-38-34(40)24-13-7-6-8-14-24)21-39-35(42)26-16-9-10-17-27(26)36(39)43/h6-20,22H,5,21H2,1-4H3. The van der Waals surface area contributed by atoms with E-state index in [1.54, 1.807) is 34.9 Å². The van der Waals surface area contributed by atoms with Crippen molar-refractivity contribution in [3.05, 3.63) is 130 Å². The summed E-state index contributed by atoms with van der Waals surface area (Å²) in [7, 11) is 0. The topological polar surface area (TPSA) is 94.4 Å². The normalized spacial score (nSPS) is 12.6. The van der Waals surface area contributed by atoms with Gasteiger partial charge >= 0.3 is 0 Å². The summed E-state index contributed by atoms with van der Waals surface area (Å²) >= 11 is 0. The number of hydrogen-bond donors (Lipinski definition) is 0. The lowest BCUT2D eigenvalue weighted by atomic mass is 9.93. The second kappa shape index (κ2) is 11.7. The largest absolute Gasteiger partial charge is 0.494 e. The minimum absolute atomic E-state index is 0.0713. The zero-order valence-electron chi connectivity index (χ0n) is 25.1. The maximum Gasteiger partial charge on any atom is 0.261 e. The predicted octanol–water partition coefficient (Wildman–Crippen LogP) is 6.79. The first-order valence-corrected chi connectivity index (χ1v) is 14.7. The molecule has 0 saturated carbocycles. The molecule has 0 bridgehead atoms. The molecule has 8 heteroatoms. The fourth-order valence-corrected chi connectivity index (χ4v) is 5.60. The molecule has 6 rings (SSSR count). The quantitative estimate of drug-likeness (QED) is 0.140. The lowest BCUT2D eigenvalue weighted by Gasteiger charge is -2.21. The van der Waals surface area contributed by atoms with Crippen LogP contribution in [0.3, 0.4) is 0 Å². The van der Waals surface area contributed by atoms with Gasteiger partial charge in [0.05, 0.1) is 30.0 Å². The fraction of sp³-hybridized carbons (Fsp3) is 0.194. The summed E-state index contributed by atoms with van der Waals surface area (Å²) in [4.78, 5) is 42.2. The van der Waals surface area contributed by atoms with E-state index in [0.29, 0.717) is 51.9 Å². The van der Waals surface area contributed by atoms with Crippen LogP contribution >= 0.6 is 0 Å². The van der Waals surface area contributed by atoms with Crippen molar-refractivity contribution < 1.29 is 19.1 Å². The van der Waals surface area contributed by atoms with Gasteiger partial charge in [-0.3, -0.25) is 23.9 Å². The number of benzene rings is 4. The Kier molecular flexibility index (Phi) is 7.66. The van der Waals surface area contributed by atoms with Crippen LogP contribution in [0, 0.1) is 6.92 Å². The average Bonchev–Trinajstić information content (AvgIpc) is 3.56. The minimum Gasteiger partial charge on any atom is -0.494 e. The number of ether oxygens (including phenoxy) is 1. The van der Waals surface area contributed by atoms with Crippen LogP contribution in [0.2, 0.25) is 0 Å². The molecule has 0 saturated heterocycles. The molecule has 0 unspecified atom stereocenters. The van der Waals surface area contributed by atoms with Gasteiger partial charge in [0.15, 0.2) is 17.4 Å². The Morgan fingerprint density at radius 1 is 0.841 bits per heavy atom. The molecular formula is C36H32N4O4. The van der Waals surface area contributed by atoms with Gasteiger partial charge in [0.1, 0.15) is 5.75 Å². The van der Waals surface area contributed by atoms with Gasteiger partial charge in [-0.05, 0) is 49.6 Å². The number of fused-ring (bicyclic) bond motifs is 1. The van der Waals surface area contributed by atoms with E-state index in [-0.39, 0.29) is 18.2 Å². The van der Waals surface area contributed by atoms with Crippen LogP contribution in [0.25, 0.3) is 17.1 Å². The van der Waals surface area contributed by atoms with Crippen LogP contribution in [0.1, 0.15) is 80.3 Å². The number of aromatic nitrogens is 3. The third-order valence-electron chi connectivity index (χ3n) is 7.76. The monoisotopic (exact) mass is 584 g/mol. The van der Waals surface area contributed by atoms with Gasteiger partial charge in [0.25, 0.3) is 11.8 Å². The number of nitrogens with zero attached hydrogens (tertiary/aromatic N) is 4. The number of aryl methyl sites for hydroxylation is 1. The Labute approximate surface area is 255 Å². The first-order valence-electron chi connectivity index (χ1n) is 14.7. The number of carbonyl (C=O) groups is 3. The van der Waals surface area contributed by atoms with Crippen molar-refractivity contribution in [2.45, 2.75) is 40.2 Å². The highest BCUT2D eigenvalue weighted by atomic mass is 16.5. The SMILES string of the molecule is CCOc1cc(-n2c(CN3C(=O)c4ccccc4C3=O)nnc2-c2ccccc2)c(C(=O)c2cccc(C)c2)cc1C(C)C. The van der Waals surface area contributed by atoms with Gasteiger partial charge in [0.2, 0.25) is 0 Å². The maximum atomic E-state index is 14.3. The van der Waals surface area contributed by atoms with E-state index < -0.39 is 11.8 Å². The number of imide groups is 1. The van der Waals surface area contributed by atoms with Gasteiger partial charge in [0, 0.05) is 22.8 Å². The zero-order valence-corrected chi connectivity index (χ0v) is 25.1. The first kappa shape index (κ1) is 28.7. The van der Waals surface area contributed by atoms with Crippen molar-refractivity contribution in [1.29, 1.82) is 0 Å². The molecule has 0 aliphatic carbocycles. The molecule has 8 nitrogen and oxygen atoms in total. The van der Waals surface area contributed by atoms with E-state index in [9.17, 15) is 14.4 Å². The van der Waals surface area contributed by atoms with Crippen LogP contribution in [-0.4, -0.2) is 43.9 Å². The summed E-state index contributed by atoms with van der Waals surface area (Å²) in [6.45, 7) is 8.26. The minimum atomic E-state index is -0.400. The third kappa shape index (κ3) is 5.08. The van der Waals surface area contributed by atoms with Crippen molar-refractivity contribution in [1.82, 2.24) is 19.7 Å². The molecule has 0 N–H and O–H groups in total. The van der Waals surface area contributed by atoms with E-state index in [1.165, 1.54) is 4.90 Å². The van der Waals surface area contributed by atoms with Crippen molar-refractivity contribution in [2.24, 2.45) is 0 Å². The smallest absolute Gasteiger partial charge is 0.261 e. The Bertz CT molecular complexity index is 1870. The summed E-state index contributed by atoms with van der Waals surface area (Å²) in [5, 5.41) is 9.04. The Balaban J connectivity index is 1.59. The second-order valence-corrected chi connectivity index (χ2v) is 11.1. The third-order valence-corrected chi connectivity index (χ3v) is 7.76. The van der Waals surface area contributed by atoms with E-state index in [0.717, 1.165) is 16.7 Å². The van der Waals surface area contributed by atoms with Gasteiger partial charge in [-0.1, -0.05) is 80.1 Å². The number of amides is 2. The summed E-state index contributed by atoms with van der Waals surface area (Å²) in [6.07, 6.45) is 0. The lowest BCUT2D eigenvalue weighted by Crippen LogP contribution is -2.30. The Morgan fingerprint density at radius 2 is 1.52 bits per heavy atom. The molecule has 2 heterocycles. The van der Waals surface area contributed by atoms with Crippen molar-refractivity contribution >= 4 is 17.6 Å². The van der Waals surface area contributed by atoms with E-state index >= 15 is 0 Å². The van der Waals surface area contributed by atoms with E-state index in [4.69, 9.17) is 4.74 Å². The lowest BCUT2D eigenvalue weighted by molar-refractivity contribution is 0.0637. The number of rotatable bonds is 9. The van der Waals surface area contributed by atoms with Crippen molar-refractivity contribution in [3.8, 4) is 22.8 Å². The molecule has 2 amide bonds. The van der Waals surface area contributed by atoms with E-state index in [2.05, 4.69) is 24.0 Å². The summed E-state index contributed by atoms with van der Waals surface area (Å²) in [6, 6.07) is 27.5. The molecule has 0 radical (unpaired) electrons. The predicted molar refractivity (Wildman–Crippen MR) is 167 cm³/mol. The first-order chi connectivity index (χ1) is 21.3. The molecule has 4 aromatic carbocycles. The average molecular weight is 585 g/mol. The molecule has 44 heavy (non-hydrogen) atoms. The summed E-state index contributed by atoms with van der Waals surface area (Å²) < 4.78 is 7.88.